The molecule has 112 valence electrons. The SMILES string of the molecule is CCOC(=O)C(c1ccccc1)N(CC(C)C)C(C)C. The maximum Gasteiger partial charge on any atom is 0.328 e. The first kappa shape index (κ1) is 16.7. The molecule has 0 aliphatic heterocycles. The van der Waals surface area contributed by atoms with Crippen LogP contribution in [0.15, 0.2) is 30.3 Å². The maximum absolute atomic E-state index is 12.4. The molecular weight excluding hydrogens is 250 g/mol. The summed E-state index contributed by atoms with van der Waals surface area (Å²) in [4.78, 5) is 14.6. The van der Waals surface area contributed by atoms with E-state index in [4.69, 9.17) is 4.74 Å². The molecular formula is C17H27NO2. The number of nitrogens with zero attached hydrogens (tertiary/aromatic N) is 1. The number of carbonyl (C=O) groups excluding carboxylic acids is 1. The lowest BCUT2D eigenvalue weighted by Gasteiger charge is -2.34. The minimum Gasteiger partial charge on any atom is -0.465 e. The maximum atomic E-state index is 12.4. The summed E-state index contributed by atoms with van der Waals surface area (Å²) in [5.74, 6) is 0.339. The Morgan fingerprint density at radius 2 is 1.75 bits per heavy atom. The first-order valence-corrected chi connectivity index (χ1v) is 7.44. The summed E-state index contributed by atoms with van der Waals surface area (Å²) in [7, 11) is 0. The fraction of sp³-hybridized carbons (Fsp3) is 0.588. The van der Waals surface area contributed by atoms with Gasteiger partial charge in [0.25, 0.3) is 0 Å². The monoisotopic (exact) mass is 277 g/mol. The van der Waals surface area contributed by atoms with E-state index in [-0.39, 0.29) is 18.1 Å². The zero-order valence-electron chi connectivity index (χ0n) is 13.3. The molecule has 3 nitrogen and oxygen atoms in total. The molecule has 0 aromatic heterocycles. The van der Waals surface area contributed by atoms with Crippen molar-refractivity contribution in [3.63, 3.8) is 0 Å². The van der Waals surface area contributed by atoms with Gasteiger partial charge in [-0.05, 0) is 32.3 Å². The molecule has 3 heteroatoms. The van der Waals surface area contributed by atoms with Gasteiger partial charge in [0.1, 0.15) is 6.04 Å². The van der Waals surface area contributed by atoms with Crippen molar-refractivity contribution in [2.45, 2.75) is 46.7 Å². The van der Waals surface area contributed by atoms with Crippen molar-refractivity contribution in [2.75, 3.05) is 13.2 Å². The van der Waals surface area contributed by atoms with Crippen LogP contribution in [-0.2, 0) is 9.53 Å². The number of benzene rings is 1. The van der Waals surface area contributed by atoms with E-state index >= 15 is 0 Å². The Bertz CT molecular complexity index is 401. The fourth-order valence-electron chi connectivity index (χ4n) is 2.36. The van der Waals surface area contributed by atoms with Gasteiger partial charge in [0, 0.05) is 12.6 Å². The highest BCUT2D eigenvalue weighted by molar-refractivity contribution is 5.77. The fourth-order valence-corrected chi connectivity index (χ4v) is 2.36. The number of esters is 1. The highest BCUT2D eigenvalue weighted by atomic mass is 16.5. The van der Waals surface area contributed by atoms with Gasteiger partial charge in [-0.15, -0.1) is 0 Å². The number of rotatable bonds is 7. The van der Waals surface area contributed by atoms with Crippen molar-refractivity contribution >= 4 is 5.97 Å². The van der Waals surface area contributed by atoms with Crippen LogP contribution in [0.3, 0.4) is 0 Å². The zero-order chi connectivity index (χ0) is 15.1. The third-order valence-corrected chi connectivity index (χ3v) is 3.20. The zero-order valence-corrected chi connectivity index (χ0v) is 13.3. The summed E-state index contributed by atoms with van der Waals surface area (Å²) in [5.41, 5.74) is 1.00. The predicted octanol–water partition coefficient (Wildman–Crippen LogP) is 3.66. The molecule has 0 saturated carbocycles. The Balaban J connectivity index is 3.10. The number of carbonyl (C=O) groups is 1. The Labute approximate surface area is 122 Å². The quantitative estimate of drug-likeness (QED) is 0.712. The van der Waals surface area contributed by atoms with Crippen LogP contribution in [0, 0.1) is 5.92 Å². The van der Waals surface area contributed by atoms with Gasteiger partial charge >= 0.3 is 5.97 Å². The highest BCUT2D eigenvalue weighted by Crippen LogP contribution is 2.25. The lowest BCUT2D eigenvalue weighted by Crippen LogP contribution is -2.42. The van der Waals surface area contributed by atoms with Crippen molar-refractivity contribution in [3.05, 3.63) is 35.9 Å². The van der Waals surface area contributed by atoms with Gasteiger partial charge in [0.2, 0.25) is 0 Å². The second-order valence-electron chi connectivity index (χ2n) is 5.75. The van der Waals surface area contributed by atoms with E-state index in [0.717, 1.165) is 12.1 Å². The second kappa shape index (κ2) is 8.05. The average molecular weight is 277 g/mol. The Morgan fingerprint density at radius 1 is 1.15 bits per heavy atom. The van der Waals surface area contributed by atoms with Crippen LogP contribution in [0.25, 0.3) is 0 Å². The van der Waals surface area contributed by atoms with Crippen molar-refractivity contribution < 1.29 is 9.53 Å². The first-order chi connectivity index (χ1) is 9.47. The summed E-state index contributed by atoms with van der Waals surface area (Å²) in [6.45, 7) is 11.7. The smallest absolute Gasteiger partial charge is 0.328 e. The summed E-state index contributed by atoms with van der Waals surface area (Å²) >= 11 is 0. The van der Waals surface area contributed by atoms with Gasteiger partial charge in [-0.1, -0.05) is 44.2 Å². The van der Waals surface area contributed by atoms with E-state index in [1.54, 1.807) is 0 Å². The standard InChI is InChI=1S/C17H27NO2/c1-6-20-17(19)16(15-10-8-7-9-11-15)18(14(4)5)12-13(2)3/h7-11,13-14,16H,6,12H2,1-5H3. The van der Waals surface area contributed by atoms with Crippen molar-refractivity contribution in [1.82, 2.24) is 4.90 Å². The van der Waals surface area contributed by atoms with E-state index in [9.17, 15) is 4.79 Å². The third-order valence-electron chi connectivity index (χ3n) is 3.20. The summed E-state index contributed by atoms with van der Waals surface area (Å²) in [6.07, 6.45) is 0. The van der Waals surface area contributed by atoms with Crippen LogP contribution in [0.2, 0.25) is 0 Å². The van der Waals surface area contributed by atoms with Crippen molar-refractivity contribution in [3.8, 4) is 0 Å². The Morgan fingerprint density at radius 3 is 2.20 bits per heavy atom. The molecule has 1 unspecified atom stereocenters. The normalized spacial score (nSPS) is 13.0. The minimum atomic E-state index is -0.321. The average Bonchev–Trinajstić information content (AvgIpc) is 2.39. The Hall–Kier alpha value is -1.35. The van der Waals surface area contributed by atoms with Crippen LogP contribution in [0.1, 0.15) is 46.2 Å². The molecule has 0 heterocycles. The van der Waals surface area contributed by atoms with Gasteiger partial charge in [0.05, 0.1) is 6.61 Å². The number of hydrogen-bond acceptors (Lipinski definition) is 3. The van der Waals surface area contributed by atoms with Gasteiger partial charge < -0.3 is 4.74 Å². The largest absolute Gasteiger partial charge is 0.465 e. The molecule has 1 aromatic carbocycles. The molecule has 0 bridgehead atoms. The van der Waals surface area contributed by atoms with Gasteiger partial charge in [-0.25, -0.2) is 4.79 Å². The topological polar surface area (TPSA) is 29.5 Å². The predicted molar refractivity (Wildman–Crippen MR) is 82.5 cm³/mol. The molecule has 0 fully saturated rings. The molecule has 0 aliphatic carbocycles. The third kappa shape index (κ3) is 4.64. The van der Waals surface area contributed by atoms with Crippen molar-refractivity contribution in [1.29, 1.82) is 0 Å². The lowest BCUT2D eigenvalue weighted by atomic mass is 10.0. The molecule has 0 saturated heterocycles. The summed E-state index contributed by atoms with van der Waals surface area (Å²) in [5, 5.41) is 0. The molecule has 0 spiro atoms. The van der Waals surface area contributed by atoms with E-state index in [1.807, 2.05) is 37.3 Å². The van der Waals surface area contributed by atoms with Gasteiger partial charge in [0.15, 0.2) is 0 Å². The van der Waals surface area contributed by atoms with E-state index < -0.39 is 0 Å². The Kier molecular flexibility index (Phi) is 6.73. The molecule has 0 aliphatic rings. The number of hydrogen-bond donors (Lipinski definition) is 0. The molecule has 20 heavy (non-hydrogen) atoms. The van der Waals surface area contributed by atoms with E-state index in [2.05, 4.69) is 32.6 Å². The van der Waals surface area contributed by atoms with Crippen molar-refractivity contribution in [2.24, 2.45) is 5.92 Å². The molecule has 0 radical (unpaired) electrons. The van der Waals surface area contributed by atoms with E-state index in [0.29, 0.717) is 12.5 Å². The van der Waals surface area contributed by atoms with Gasteiger partial charge in [-0.2, -0.15) is 0 Å². The first-order valence-electron chi connectivity index (χ1n) is 7.44. The lowest BCUT2D eigenvalue weighted by molar-refractivity contribution is -0.151. The van der Waals surface area contributed by atoms with Crippen LogP contribution in [0.4, 0.5) is 0 Å². The molecule has 0 amide bonds. The highest BCUT2D eigenvalue weighted by Gasteiger charge is 2.30. The second-order valence-corrected chi connectivity index (χ2v) is 5.75. The van der Waals surface area contributed by atoms with Crippen LogP contribution in [-0.4, -0.2) is 30.1 Å². The van der Waals surface area contributed by atoms with Crippen LogP contribution in [0.5, 0.6) is 0 Å². The molecule has 1 atom stereocenters. The molecule has 1 rings (SSSR count). The van der Waals surface area contributed by atoms with Crippen LogP contribution >= 0.6 is 0 Å². The minimum absolute atomic E-state index is 0.159. The van der Waals surface area contributed by atoms with Crippen LogP contribution < -0.4 is 0 Å². The summed E-state index contributed by atoms with van der Waals surface area (Å²) in [6, 6.07) is 9.86. The number of ether oxygens (including phenoxy) is 1. The molecule has 0 N–H and O–H groups in total. The van der Waals surface area contributed by atoms with Gasteiger partial charge in [-0.3, -0.25) is 4.90 Å². The summed E-state index contributed by atoms with van der Waals surface area (Å²) < 4.78 is 5.29. The molecule has 1 aromatic rings. The van der Waals surface area contributed by atoms with E-state index in [1.165, 1.54) is 0 Å².